The molecule has 18 heavy (non-hydrogen) atoms. The van der Waals surface area contributed by atoms with E-state index in [4.69, 9.17) is 0 Å². The molecule has 1 N–H and O–H groups in total. The predicted molar refractivity (Wildman–Crippen MR) is 70.2 cm³/mol. The first-order valence-electron chi connectivity index (χ1n) is 6.82. The zero-order valence-electron chi connectivity index (χ0n) is 11.8. The van der Waals surface area contributed by atoms with Crippen LogP contribution in [-0.2, 0) is 9.59 Å². The number of aliphatic carboxylic acids is 1. The lowest BCUT2D eigenvalue weighted by molar-refractivity contribution is -0.161. The molecule has 0 aromatic rings. The molecule has 1 saturated carbocycles. The third kappa shape index (κ3) is 2.68. The van der Waals surface area contributed by atoms with E-state index >= 15 is 0 Å². The van der Waals surface area contributed by atoms with Gasteiger partial charge in [0.05, 0.1) is 0 Å². The van der Waals surface area contributed by atoms with Crippen molar-refractivity contribution in [1.29, 1.82) is 0 Å². The molecular formula is C14H25NO3. The summed E-state index contributed by atoms with van der Waals surface area (Å²) in [7, 11) is 0. The summed E-state index contributed by atoms with van der Waals surface area (Å²) in [5.41, 5.74) is -0.997. The largest absolute Gasteiger partial charge is 0.479 e. The fraction of sp³-hybridized carbons (Fsp3) is 0.857. The number of carbonyl (C=O) groups excluding carboxylic acids is 1. The van der Waals surface area contributed by atoms with E-state index in [0.717, 1.165) is 12.8 Å². The quantitative estimate of drug-likeness (QED) is 0.768. The first-order chi connectivity index (χ1) is 8.35. The van der Waals surface area contributed by atoms with Gasteiger partial charge in [-0.2, -0.15) is 0 Å². The Bertz CT molecular complexity index is 314. The van der Waals surface area contributed by atoms with Gasteiger partial charge in [-0.3, -0.25) is 4.79 Å². The van der Waals surface area contributed by atoms with Crippen molar-refractivity contribution in [3.05, 3.63) is 0 Å². The molecule has 0 heterocycles. The summed E-state index contributed by atoms with van der Waals surface area (Å²) in [5, 5.41) is 9.64. The summed E-state index contributed by atoms with van der Waals surface area (Å²) in [5.74, 6) is -0.00520. The van der Waals surface area contributed by atoms with Gasteiger partial charge in [-0.1, -0.05) is 20.3 Å². The van der Waals surface area contributed by atoms with Gasteiger partial charge in [0.1, 0.15) is 5.54 Å². The summed E-state index contributed by atoms with van der Waals surface area (Å²) in [6.07, 6.45) is 3.81. The maximum atomic E-state index is 11.7. The highest BCUT2D eigenvalue weighted by Gasteiger charge is 2.48. The van der Waals surface area contributed by atoms with Crippen LogP contribution in [0.5, 0.6) is 0 Å². The first-order valence-corrected chi connectivity index (χ1v) is 6.82. The Kier molecular flexibility index (Phi) is 4.77. The van der Waals surface area contributed by atoms with E-state index in [-0.39, 0.29) is 6.04 Å². The number of hydrogen-bond acceptors (Lipinski definition) is 2. The van der Waals surface area contributed by atoms with E-state index in [0.29, 0.717) is 31.1 Å². The lowest BCUT2D eigenvalue weighted by Crippen LogP contribution is -2.59. The van der Waals surface area contributed by atoms with Crippen LogP contribution in [0.4, 0.5) is 0 Å². The van der Waals surface area contributed by atoms with E-state index in [1.54, 1.807) is 0 Å². The van der Waals surface area contributed by atoms with Crippen LogP contribution < -0.4 is 0 Å². The fourth-order valence-corrected chi connectivity index (χ4v) is 3.12. The Morgan fingerprint density at radius 1 is 1.39 bits per heavy atom. The number of carboxylic acids is 1. The molecule has 104 valence electrons. The van der Waals surface area contributed by atoms with Gasteiger partial charge in [-0.15, -0.1) is 0 Å². The van der Waals surface area contributed by atoms with Gasteiger partial charge < -0.3 is 10.0 Å². The van der Waals surface area contributed by atoms with Crippen LogP contribution in [0.2, 0.25) is 0 Å². The van der Waals surface area contributed by atoms with Crippen molar-refractivity contribution in [2.75, 3.05) is 0 Å². The molecule has 0 aliphatic heterocycles. The van der Waals surface area contributed by atoms with Crippen LogP contribution in [0.15, 0.2) is 0 Å². The maximum Gasteiger partial charge on any atom is 0.329 e. The van der Waals surface area contributed by atoms with Crippen molar-refractivity contribution in [3.63, 3.8) is 0 Å². The van der Waals surface area contributed by atoms with Crippen LogP contribution in [0.25, 0.3) is 0 Å². The molecule has 0 aromatic carbocycles. The van der Waals surface area contributed by atoms with Gasteiger partial charge >= 0.3 is 5.97 Å². The SMILES string of the molecule is CC(C)C1CCCC(C(=O)O)(N(C=O)C(C)C)C1. The molecule has 2 unspecified atom stereocenters. The van der Waals surface area contributed by atoms with Crippen LogP contribution in [0.3, 0.4) is 0 Å². The molecule has 1 aliphatic rings. The van der Waals surface area contributed by atoms with Gasteiger partial charge in [-0.25, -0.2) is 4.79 Å². The highest BCUT2D eigenvalue weighted by molar-refractivity contribution is 5.81. The molecular weight excluding hydrogens is 230 g/mol. The molecule has 1 amide bonds. The van der Waals surface area contributed by atoms with Crippen molar-refractivity contribution in [2.45, 2.75) is 65.0 Å². The van der Waals surface area contributed by atoms with Crippen LogP contribution in [0.1, 0.15) is 53.4 Å². The minimum absolute atomic E-state index is 0.0792. The lowest BCUT2D eigenvalue weighted by Gasteiger charge is -2.46. The third-order valence-electron chi connectivity index (χ3n) is 4.27. The Morgan fingerprint density at radius 2 is 2.00 bits per heavy atom. The van der Waals surface area contributed by atoms with Gasteiger partial charge in [0.2, 0.25) is 6.41 Å². The van der Waals surface area contributed by atoms with Crippen molar-refractivity contribution in [3.8, 4) is 0 Å². The highest BCUT2D eigenvalue weighted by atomic mass is 16.4. The number of hydrogen-bond donors (Lipinski definition) is 1. The summed E-state index contributed by atoms with van der Waals surface area (Å²) in [6, 6.07) is -0.0792. The molecule has 2 atom stereocenters. The second-order valence-corrected chi connectivity index (χ2v) is 6.04. The Labute approximate surface area is 109 Å². The number of carboxylic acid groups (broad SMARTS) is 1. The van der Waals surface area contributed by atoms with E-state index < -0.39 is 11.5 Å². The molecule has 0 spiro atoms. The van der Waals surface area contributed by atoms with Gasteiger partial charge in [0.25, 0.3) is 0 Å². The second-order valence-electron chi connectivity index (χ2n) is 6.04. The minimum Gasteiger partial charge on any atom is -0.479 e. The van der Waals surface area contributed by atoms with Crippen molar-refractivity contribution < 1.29 is 14.7 Å². The molecule has 1 aliphatic carbocycles. The van der Waals surface area contributed by atoms with E-state index in [1.165, 1.54) is 4.90 Å². The Morgan fingerprint density at radius 3 is 2.39 bits per heavy atom. The summed E-state index contributed by atoms with van der Waals surface area (Å²) >= 11 is 0. The van der Waals surface area contributed by atoms with Gasteiger partial charge in [-0.05, 0) is 44.9 Å². The standard InChI is InChI=1S/C14H25NO3/c1-10(2)12-6-5-7-14(8-12,13(17)18)15(9-16)11(3)4/h9-12H,5-8H2,1-4H3,(H,17,18). The van der Waals surface area contributed by atoms with E-state index in [1.807, 2.05) is 13.8 Å². The van der Waals surface area contributed by atoms with Crippen molar-refractivity contribution in [2.24, 2.45) is 11.8 Å². The topological polar surface area (TPSA) is 57.6 Å². The molecule has 0 radical (unpaired) electrons. The Hall–Kier alpha value is -1.06. The predicted octanol–water partition coefficient (Wildman–Crippen LogP) is 2.52. The molecule has 4 heteroatoms. The number of nitrogens with zero attached hydrogens (tertiary/aromatic N) is 1. The smallest absolute Gasteiger partial charge is 0.329 e. The minimum atomic E-state index is -0.997. The first kappa shape index (κ1) is 15.0. The van der Waals surface area contributed by atoms with E-state index in [2.05, 4.69) is 13.8 Å². The molecule has 1 rings (SSSR count). The average molecular weight is 255 g/mol. The van der Waals surface area contributed by atoms with Gasteiger partial charge in [0, 0.05) is 6.04 Å². The summed E-state index contributed by atoms with van der Waals surface area (Å²) in [6.45, 7) is 8.00. The molecule has 0 bridgehead atoms. The van der Waals surface area contributed by atoms with Crippen molar-refractivity contribution in [1.82, 2.24) is 4.90 Å². The molecule has 0 saturated heterocycles. The Balaban J connectivity index is 3.06. The van der Waals surface area contributed by atoms with Crippen LogP contribution in [-0.4, -0.2) is 34.0 Å². The average Bonchev–Trinajstić information content (AvgIpc) is 2.29. The molecule has 1 fully saturated rings. The maximum absolute atomic E-state index is 11.7. The third-order valence-corrected chi connectivity index (χ3v) is 4.27. The zero-order chi connectivity index (χ0) is 13.9. The van der Waals surface area contributed by atoms with E-state index in [9.17, 15) is 14.7 Å². The van der Waals surface area contributed by atoms with Crippen LogP contribution >= 0.6 is 0 Å². The lowest BCUT2D eigenvalue weighted by atomic mass is 9.70. The number of amides is 1. The van der Waals surface area contributed by atoms with Crippen LogP contribution in [0, 0.1) is 11.8 Å². The molecule has 0 aromatic heterocycles. The number of rotatable bonds is 5. The number of carbonyl (C=O) groups is 2. The normalized spacial score (nSPS) is 28.4. The molecule has 4 nitrogen and oxygen atoms in total. The second kappa shape index (κ2) is 5.72. The summed E-state index contributed by atoms with van der Waals surface area (Å²) in [4.78, 5) is 24.5. The van der Waals surface area contributed by atoms with Crippen molar-refractivity contribution >= 4 is 12.4 Å². The van der Waals surface area contributed by atoms with Gasteiger partial charge in [0.15, 0.2) is 0 Å². The fourth-order valence-electron chi connectivity index (χ4n) is 3.12. The zero-order valence-corrected chi connectivity index (χ0v) is 11.8. The highest BCUT2D eigenvalue weighted by Crippen LogP contribution is 2.40. The summed E-state index contributed by atoms with van der Waals surface area (Å²) < 4.78 is 0. The monoisotopic (exact) mass is 255 g/mol.